The fourth-order valence-corrected chi connectivity index (χ4v) is 5.22. The summed E-state index contributed by atoms with van der Waals surface area (Å²) in [6, 6.07) is 7.15. The van der Waals surface area contributed by atoms with E-state index in [0.29, 0.717) is 29.6 Å². The topological polar surface area (TPSA) is 84.0 Å². The van der Waals surface area contributed by atoms with Gasteiger partial charge >= 0.3 is 0 Å². The summed E-state index contributed by atoms with van der Waals surface area (Å²) in [6.07, 6.45) is 2.34. The number of rotatable bonds is 4. The fourth-order valence-electron chi connectivity index (χ4n) is 4.16. The first kappa shape index (κ1) is 21.6. The predicted molar refractivity (Wildman–Crippen MR) is 130 cm³/mol. The van der Waals surface area contributed by atoms with Crippen LogP contribution in [0.4, 0.5) is 0 Å². The highest BCUT2D eigenvalue weighted by molar-refractivity contribution is 7.15. The molecular weight excluding hydrogens is 458 g/mol. The molecule has 1 saturated heterocycles. The van der Waals surface area contributed by atoms with E-state index in [0.717, 1.165) is 43.4 Å². The fraction of sp³-hybridized carbons (Fsp3) is 0.250. The number of carbonyl (C=O) groups is 1. The van der Waals surface area contributed by atoms with Crippen LogP contribution in [-0.4, -0.2) is 44.4 Å². The molecule has 5 rings (SSSR count). The number of aryl methyl sites for hydroxylation is 2. The first-order valence-electron chi connectivity index (χ1n) is 10.5. The zero-order valence-electron chi connectivity index (χ0n) is 18.5. The minimum Gasteiger partial charge on any atom is -0.481 e. The van der Waals surface area contributed by atoms with Crippen molar-refractivity contribution in [2.75, 3.05) is 13.7 Å². The van der Waals surface area contributed by atoms with Crippen molar-refractivity contribution < 1.29 is 9.53 Å². The SMILES string of the molecule is C=C1CC(c2nc3ccc(Cl)c(C)c3[nH]2)N(C(=O)c2nc(C)sc2-c2ccc(OC)nc2)C1. The molecule has 1 N–H and O–H groups in total. The number of carbonyl (C=O) groups excluding carboxylic acids is 1. The lowest BCUT2D eigenvalue weighted by atomic mass is 10.1. The van der Waals surface area contributed by atoms with Crippen LogP contribution in [0, 0.1) is 13.8 Å². The van der Waals surface area contributed by atoms with Gasteiger partial charge in [-0.15, -0.1) is 11.3 Å². The number of imidazole rings is 1. The maximum absolute atomic E-state index is 13.8. The Hall–Kier alpha value is -3.23. The quantitative estimate of drug-likeness (QED) is 0.390. The van der Waals surface area contributed by atoms with Gasteiger partial charge in [0.2, 0.25) is 5.88 Å². The number of fused-ring (bicyclic) bond motifs is 1. The van der Waals surface area contributed by atoms with Gasteiger partial charge in [0.1, 0.15) is 11.5 Å². The number of halogens is 1. The van der Waals surface area contributed by atoms with Crippen LogP contribution in [0.2, 0.25) is 5.02 Å². The summed E-state index contributed by atoms with van der Waals surface area (Å²) in [7, 11) is 1.57. The second kappa shape index (κ2) is 8.28. The lowest BCUT2D eigenvalue weighted by molar-refractivity contribution is 0.0728. The normalized spacial score (nSPS) is 16.1. The van der Waals surface area contributed by atoms with Gasteiger partial charge in [-0.05, 0) is 44.0 Å². The van der Waals surface area contributed by atoms with E-state index < -0.39 is 0 Å². The van der Waals surface area contributed by atoms with Gasteiger partial charge in [0.15, 0.2) is 0 Å². The molecule has 4 heterocycles. The minimum atomic E-state index is -0.251. The van der Waals surface area contributed by atoms with Crippen molar-refractivity contribution in [3.63, 3.8) is 0 Å². The number of hydrogen-bond acceptors (Lipinski definition) is 6. The van der Waals surface area contributed by atoms with E-state index >= 15 is 0 Å². The number of nitrogens with one attached hydrogen (secondary N) is 1. The van der Waals surface area contributed by atoms with Crippen molar-refractivity contribution in [1.29, 1.82) is 0 Å². The van der Waals surface area contributed by atoms with Crippen LogP contribution in [0.3, 0.4) is 0 Å². The smallest absolute Gasteiger partial charge is 0.274 e. The van der Waals surface area contributed by atoms with Gasteiger partial charge in [-0.25, -0.2) is 15.0 Å². The number of thiazole rings is 1. The molecule has 1 unspecified atom stereocenters. The Morgan fingerprint density at radius 3 is 2.82 bits per heavy atom. The summed E-state index contributed by atoms with van der Waals surface area (Å²) < 4.78 is 5.16. The molecule has 1 fully saturated rings. The number of H-pyrrole nitrogens is 1. The lowest BCUT2D eigenvalue weighted by Gasteiger charge is -2.22. The third-order valence-corrected chi connectivity index (χ3v) is 7.27. The molecule has 7 nitrogen and oxygen atoms in total. The molecule has 1 aliphatic heterocycles. The Bertz CT molecular complexity index is 1390. The highest BCUT2D eigenvalue weighted by Gasteiger charge is 2.37. The van der Waals surface area contributed by atoms with Gasteiger partial charge in [-0.3, -0.25) is 4.79 Å². The molecule has 0 spiro atoms. The maximum Gasteiger partial charge on any atom is 0.274 e. The average Bonchev–Trinajstić information content (AvgIpc) is 3.52. The number of nitrogens with zero attached hydrogens (tertiary/aromatic N) is 4. The maximum atomic E-state index is 13.8. The molecule has 0 saturated carbocycles. The van der Waals surface area contributed by atoms with Crippen LogP contribution in [0.25, 0.3) is 21.5 Å². The van der Waals surface area contributed by atoms with Crippen LogP contribution >= 0.6 is 22.9 Å². The molecule has 0 radical (unpaired) electrons. The van der Waals surface area contributed by atoms with Gasteiger partial charge < -0.3 is 14.6 Å². The lowest BCUT2D eigenvalue weighted by Crippen LogP contribution is -2.31. The molecular formula is C24H22ClN5O2S. The summed E-state index contributed by atoms with van der Waals surface area (Å²) in [6.45, 7) is 8.46. The summed E-state index contributed by atoms with van der Waals surface area (Å²) in [5, 5.41) is 1.49. The van der Waals surface area contributed by atoms with E-state index in [1.165, 1.54) is 11.3 Å². The van der Waals surface area contributed by atoms with Gasteiger partial charge in [0.05, 0.1) is 34.1 Å². The molecule has 0 bridgehead atoms. The Morgan fingerprint density at radius 2 is 2.09 bits per heavy atom. The zero-order valence-corrected chi connectivity index (χ0v) is 20.0. The van der Waals surface area contributed by atoms with E-state index in [2.05, 4.69) is 21.5 Å². The highest BCUT2D eigenvalue weighted by Crippen LogP contribution is 2.38. The number of likely N-dealkylation sites (tertiary alicyclic amines) is 1. The third-order valence-electron chi connectivity index (χ3n) is 5.84. The predicted octanol–water partition coefficient (Wildman–Crippen LogP) is 5.50. The van der Waals surface area contributed by atoms with E-state index in [9.17, 15) is 4.79 Å². The Balaban J connectivity index is 1.53. The molecule has 4 aromatic rings. The average molecular weight is 480 g/mol. The first-order chi connectivity index (χ1) is 15.9. The van der Waals surface area contributed by atoms with Crippen molar-refractivity contribution in [1.82, 2.24) is 24.8 Å². The summed E-state index contributed by atoms with van der Waals surface area (Å²) in [5.74, 6) is 1.09. The van der Waals surface area contributed by atoms with E-state index in [-0.39, 0.29) is 11.9 Å². The number of amides is 1. The first-order valence-corrected chi connectivity index (χ1v) is 11.7. The monoisotopic (exact) mass is 479 g/mol. The largest absolute Gasteiger partial charge is 0.481 e. The minimum absolute atomic E-state index is 0.149. The number of aromatic amines is 1. The number of ether oxygens (including phenoxy) is 1. The molecule has 0 aliphatic carbocycles. The second-order valence-corrected chi connectivity index (χ2v) is 9.70. The summed E-state index contributed by atoms with van der Waals surface area (Å²) in [4.78, 5) is 33.4. The Kier molecular flexibility index (Phi) is 5.42. The molecule has 1 aliphatic rings. The van der Waals surface area contributed by atoms with E-state index in [4.69, 9.17) is 21.3 Å². The molecule has 3 aromatic heterocycles. The molecule has 1 atom stereocenters. The second-order valence-electron chi connectivity index (χ2n) is 8.09. The Labute approximate surface area is 200 Å². The van der Waals surface area contributed by atoms with Gasteiger partial charge in [-0.2, -0.15) is 0 Å². The molecule has 33 heavy (non-hydrogen) atoms. The van der Waals surface area contributed by atoms with E-state index in [1.54, 1.807) is 24.3 Å². The third kappa shape index (κ3) is 3.79. The molecule has 1 aromatic carbocycles. The number of methoxy groups -OCH3 is 1. The number of hydrogen-bond donors (Lipinski definition) is 1. The zero-order chi connectivity index (χ0) is 23.3. The molecule has 168 valence electrons. The van der Waals surface area contributed by atoms with Crippen LogP contribution in [0.1, 0.15) is 39.3 Å². The summed E-state index contributed by atoms with van der Waals surface area (Å²) in [5.41, 5.74) is 4.87. The van der Waals surface area contributed by atoms with Crippen LogP contribution in [0.15, 0.2) is 42.6 Å². The van der Waals surface area contributed by atoms with Gasteiger partial charge in [-0.1, -0.05) is 23.8 Å². The van der Waals surface area contributed by atoms with Crippen molar-refractivity contribution >= 4 is 39.9 Å². The highest BCUT2D eigenvalue weighted by atomic mass is 35.5. The van der Waals surface area contributed by atoms with Crippen molar-refractivity contribution in [2.24, 2.45) is 0 Å². The Morgan fingerprint density at radius 1 is 1.27 bits per heavy atom. The molecule has 1 amide bonds. The van der Waals surface area contributed by atoms with E-state index in [1.807, 2.05) is 32.0 Å². The summed E-state index contributed by atoms with van der Waals surface area (Å²) >= 11 is 7.76. The number of pyridine rings is 1. The molecule has 9 heteroatoms. The van der Waals surface area contributed by atoms with Gasteiger partial charge in [0.25, 0.3) is 5.91 Å². The van der Waals surface area contributed by atoms with Crippen LogP contribution < -0.4 is 4.74 Å². The number of aromatic nitrogens is 4. The van der Waals surface area contributed by atoms with Crippen LogP contribution in [0.5, 0.6) is 5.88 Å². The van der Waals surface area contributed by atoms with Crippen molar-refractivity contribution in [3.05, 3.63) is 69.7 Å². The van der Waals surface area contributed by atoms with Crippen LogP contribution in [-0.2, 0) is 0 Å². The van der Waals surface area contributed by atoms with Gasteiger partial charge in [0, 0.05) is 29.4 Å². The van der Waals surface area contributed by atoms with Crippen molar-refractivity contribution in [3.8, 4) is 16.3 Å². The van der Waals surface area contributed by atoms with Crippen molar-refractivity contribution in [2.45, 2.75) is 26.3 Å². The standard InChI is InChI=1S/C24H22ClN5O2S/c1-12-9-18(23-28-17-7-6-16(25)13(2)20(17)29-23)30(11-12)24(31)21-22(33-14(3)27-21)15-5-8-19(32-4)26-10-15/h5-8,10,18H,1,9,11H2,2-4H3,(H,28,29). The number of benzene rings is 1.